The molecule has 114 valence electrons. The van der Waals surface area contributed by atoms with Crippen molar-refractivity contribution in [2.45, 2.75) is 12.5 Å². The van der Waals surface area contributed by atoms with E-state index in [2.05, 4.69) is 20.8 Å². The molecule has 1 aliphatic rings. The summed E-state index contributed by atoms with van der Waals surface area (Å²) >= 11 is 3.32. The molecule has 1 aromatic carbocycles. The average Bonchev–Trinajstić information content (AvgIpc) is 2.46. The maximum absolute atomic E-state index is 12.3. The number of halogens is 1. The molecule has 1 heterocycles. The summed E-state index contributed by atoms with van der Waals surface area (Å²) in [5, 5.41) is 9.42. The molecule has 0 saturated carbocycles. The summed E-state index contributed by atoms with van der Waals surface area (Å²) in [6.45, 7) is 3.02. The lowest BCUT2D eigenvalue weighted by Crippen LogP contribution is -2.52. The summed E-state index contributed by atoms with van der Waals surface area (Å²) in [6, 6.07) is 6.28. The molecule has 1 fully saturated rings. The van der Waals surface area contributed by atoms with Gasteiger partial charge >= 0.3 is 5.97 Å². The summed E-state index contributed by atoms with van der Waals surface area (Å²) in [7, 11) is 2.01. The first-order valence-corrected chi connectivity index (χ1v) is 7.71. The third-order valence-corrected chi connectivity index (χ3v) is 4.34. The van der Waals surface area contributed by atoms with Crippen LogP contribution in [-0.4, -0.2) is 65.9 Å². The number of Topliss-reactive ketones (excluding diaryl/α,β-unsaturated/α-hetero) is 1. The maximum atomic E-state index is 12.3. The summed E-state index contributed by atoms with van der Waals surface area (Å²) in [5.41, 5.74) is 0.554. The van der Waals surface area contributed by atoms with Crippen LogP contribution < -0.4 is 0 Å². The molecule has 0 bridgehead atoms. The lowest BCUT2D eigenvalue weighted by molar-refractivity contribution is -0.143. The van der Waals surface area contributed by atoms with Gasteiger partial charge in [-0.3, -0.25) is 14.5 Å². The molecule has 1 atom stereocenters. The van der Waals surface area contributed by atoms with Gasteiger partial charge in [-0.15, -0.1) is 0 Å². The van der Waals surface area contributed by atoms with Crippen LogP contribution >= 0.6 is 15.9 Å². The van der Waals surface area contributed by atoms with Crippen molar-refractivity contribution in [1.82, 2.24) is 9.80 Å². The Morgan fingerprint density at radius 1 is 1.19 bits per heavy atom. The summed E-state index contributed by atoms with van der Waals surface area (Å²) in [6.07, 6.45) is 0.0146. The van der Waals surface area contributed by atoms with E-state index in [4.69, 9.17) is 0 Å². The number of carboxylic acids is 1. The molecule has 0 aromatic heterocycles. The molecular formula is C15H19BrN2O3. The first-order valence-electron chi connectivity index (χ1n) is 6.91. The fraction of sp³-hybridized carbons (Fsp3) is 0.467. The van der Waals surface area contributed by atoms with Crippen LogP contribution in [0.1, 0.15) is 16.8 Å². The van der Waals surface area contributed by atoms with E-state index in [0.717, 1.165) is 17.6 Å². The molecule has 0 radical (unpaired) electrons. The quantitative estimate of drug-likeness (QED) is 0.815. The van der Waals surface area contributed by atoms with E-state index in [-0.39, 0.29) is 12.2 Å². The van der Waals surface area contributed by atoms with Gasteiger partial charge in [0.2, 0.25) is 0 Å². The highest BCUT2D eigenvalue weighted by molar-refractivity contribution is 9.10. The number of nitrogens with zero attached hydrogens (tertiary/aromatic N) is 2. The van der Waals surface area contributed by atoms with Gasteiger partial charge in [-0.05, 0) is 19.2 Å². The number of aliphatic carboxylic acids is 1. The summed E-state index contributed by atoms with van der Waals surface area (Å²) in [5.74, 6) is -1.06. The Kier molecular flexibility index (Phi) is 5.50. The van der Waals surface area contributed by atoms with Gasteiger partial charge in [0, 0.05) is 42.6 Å². The van der Waals surface area contributed by atoms with E-state index in [1.54, 1.807) is 24.3 Å². The van der Waals surface area contributed by atoms with Crippen molar-refractivity contribution in [3.63, 3.8) is 0 Å². The minimum atomic E-state index is -0.926. The SMILES string of the molecule is CN1CCN([C@@H](CC(=O)c2ccc(Br)cc2)C(=O)O)CC1. The van der Waals surface area contributed by atoms with Crippen LogP contribution in [0.3, 0.4) is 0 Å². The topological polar surface area (TPSA) is 60.9 Å². The highest BCUT2D eigenvalue weighted by atomic mass is 79.9. The number of piperazine rings is 1. The standard InChI is InChI=1S/C15H19BrN2O3/c1-17-6-8-18(9-7-17)13(15(20)21)10-14(19)11-2-4-12(16)5-3-11/h2-5,13H,6-10H2,1H3,(H,20,21)/t13-/m0/s1. The molecule has 21 heavy (non-hydrogen) atoms. The number of carbonyl (C=O) groups excluding carboxylic acids is 1. The van der Waals surface area contributed by atoms with Crippen LogP contribution in [0.4, 0.5) is 0 Å². The van der Waals surface area contributed by atoms with Crippen LogP contribution in [-0.2, 0) is 4.79 Å². The molecule has 1 aliphatic heterocycles. The molecule has 0 spiro atoms. The second-order valence-electron chi connectivity index (χ2n) is 5.33. The van der Waals surface area contributed by atoms with Gasteiger partial charge in [0.25, 0.3) is 0 Å². The lowest BCUT2D eigenvalue weighted by atomic mass is 10.0. The van der Waals surface area contributed by atoms with Crippen molar-refractivity contribution in [2.24, 2.45) is 0 Å². The highest BCUT2D eigenvalue weighted by Gasteiger charge is 2.30. The van der Waals surface area contributed by atoms with Crippen molar-refractivity contribution in [2.75, 3.05) is 33.2 Å². The third kappa shape index (κ3) is 4.36. The Morgan fingerprint density at radius 2 is 1.76 bits per heavy atom. The molecule has 0 amide bonds. The Bertz CT molecular complexity index is 510. The normalized spacial score (nSPS) is 18.4. The molecular weight excluding hydrogens is 336 g/mol. The zero-order chi connectivity index (χ0) is 15.4. The number of benzene rings is 1. The minimum Gasteiger partial charge on any atom is -0.480 e. The van der Waals surface area contributed by atoms with E-state index < -0.39 is 12.0 Å². The van der Waals surface area contributed by atoms with Crippen molar-refractivity contribution in [1.29, 1.82) is 0 Å². The Morgan fingerprint density at radius 3 is 2.29 bits per heavy atom. The van der Waals surface area contributed by atoms with Gasteiger partial charge in [0.1, 0.15) is 6.04 Å². The van der Waals surface area contributed by atoms with Gasteiger partial charge in [0.05, 0.1) is 0 Å². The van der Waals surface area contributed by atoms with E-state index >= 15 is 0 Å². The number of carboxylic acid groups (broad SMARTS) is 1. The van der Waals surface area contributed by atoms with E-state index in [1.807, 2.05) is 11.9 Å². The molecule has 1 N–H and O–H groups in total. The molecule has 1 saturated heterocycles. The van der Waals surface area contributed by atoms with Gasteiger partial charge in [-0.1, -0.05) is 28.1 Å². The number of rotatable bonds is 5. The lowest BCUT2D eigenvalue weighted by Gasteiger charge is -2.35. The van der Waals surface area contributed by atoms with Crippen molar-refractivity contribution in [3.8, 4) is 0 Å². The van der Waals surface area contributed by atoms with Gasteiger partial charge < -0.3 is 10.0 Å². The Hall–Kier alpha value is -1.24. The molecule has 2 rings (SSSR count). The van der Waals surface area contributed by atoms with E-state index in [0.29, 0.717) is 18.7 Å². The van der Waals surface area contributed by atoms with Crippen LogP contribution in [0.15, 0.2) is 28.7 Å². The predicted octanol–water partition coefficient (Wildman–Crippen LogP) is 1.72. The van der Waals surface area contributed by atoms with Crippen molar-refractivity contribution >= 4 is 27.7 Å². The van der Waals surface area contributed by atoms with Gasteiger partial charge in [-0.25, -0.2) is 0 Å². The van der Waals surface area contributed by atoms with E-state index in [1.165, 1.54) is 0 Å². The van der Waals surface area contributed by atoms with Crippen LogP contribution in [0, 0.1) is 0 Å². The highest BCUT2D eigenvalue weighted by Crippen LogP contribution is 2.15. The smallest absolute Gasteiger partial charge is 0.321 e. The molecule has 0 unspecified atom stereocenters. The first-order chi connectivity index (χ1) is 9.97. The molecule has 6 heteroatoms. The largest absolute Gasteiger partial charge is 0.480 e. The Balaban J connectivity index is 2.04. The zero-order valence-corrected chi connectivity index (χ0v) is 13.5. The number of carbonyl (C=O) groups is 2. The van der Waals surface area contributed by atoms with Gasteiger partial charge in [-0.2, -0.15) is 0 Å². The van der Waals surface area contributed by atoms with Crippen molar-refractivity contribution in [3.05, 3.63) is 34.3 Å². The molecule has 0 aliphatic carbocycles. The molecule has 1 aromatic rings. The minimum absolute atomic E-state index is 0.0146. The van der Waals surface area contributed by atoms with E-state index in [9.17, 15) is 14.7 Å². The number of hydrogen-bond acceptors (Lipinski definition) is 4. The summed E-state index contributed by atoms with van der Waals surface area (Å²) < 4.78 is 0.896. The summed E-state index contributed by atoms with van der Waals surface area (Å²) in [4.78, 5) is 27.8. The third-order valence-electron chi connectivity index (χ3n) is 3.81. The second kappa shape index (κ2) is 7.15. The van der Waals surface area contributed by atoms with Crippen LogP contribution in [0.2, 0.25) is 0 Å². The zero-order valence-electron chi connectivity index (χ0n) is 12.0. The second-order valence-corrected chi connectivity index (χ2v) is 6.24. The number of hydrogen-bond donors (Lipinski definition) is 1. The predicted molar refractivity (Wildman–Crippen MR) is 83.6 cm³/mol. The maximum Gasteiger partial charge on any atom is 0.321 e. The Labute approximate surface area is 132 Å². The first kappa shape index (κ1) is 16.1. The number of likely N-dealkylation sites (N-methyl/N-ethyl adjacent to an activating group) is 1. The monoisotopic (exact) mass is 354 g/mol. The van der Waals surface area contributed by atoms with Crippen molar-refractivity contribution < 1.29 is 14.7 Å². The molecule has 5 nitrogen and oxygen atoms in total. The van der Waals surface area contributed by atoms with Gasteiger partial charge in [0.15, 0.2) is 5.78 Å². The fourth-order valence-corrected chi connectivity index (χ4v) is 2.70. The van der Waals surface area contributed by atoms with Crippen LogP contribution in [0.5, 0.6) is 0 Å². The fourth-order valence-electron chi connectivity index (χ4n) is 2.44. The van der Waals surface area contributed by atoms with Crippen LogP contribution in [0.25, 0.3) is 0 Å². The average molecular weight is 355 g/mol. The number of ketones is 1.